The molecule has 1 heteroatoms. The molecule has 1 nitrogen and oxygen atoms in total. The van der Waals surface area contributed by atoms with Crippen LogP contribution in [0.5, 0.6) is 0 Å². The van der Waals surface area contributed by atoms with Gasteiger partial charge in [0.25, 0.3) is 0 Å². The van der Waals surface area contributed by atoms with E-state index < -0.39 is 5.60 Å². The van der Waals surface area contributed by atoms with Crippen LogP contribution in [-0.2, 0) is 0 Å². The van der Waals surface area contributed by atoms with Crippen LogP contribution in [0, 0.1) is 5.41 Å². The van der Waals surface area contributed by atoms with Crippen molar-refractivity contribution in [3.63, 3.8) is 0 Å². The fourth-order valence-corrected chi connectivity index (χ4v) is 1.92. The molecule has 0 saturated heterocycles. The number of aliphatic hydroxyl groups is 1. The number of hydrogen-bond acceptors (Lipinski definition) is 1. The summed E-state index contributed by atoms with van der Waals surface area (Å²) in [6.45, 7) is 6.46. The zero-order valence-electron chi connectivity index (χ0n) is 9.40. The molecule has 0 aromatic heterocycles. The average molecular weight is 184 g/mol. The zero-order chi connectivity index (χ0) is 9.95. The van der Waals surface area contributed by atoms with Gasteiger partial charge in [-0.3, -0.25) is 0 Å². The predicted octanol–water partition coefficient (Wildman–Crippen LogP) is 3.51. The maximum atomic E-state index is 10.2. The fraction of sp³-hybridized carbons (Fsp3) is 1.00. The molecule has 1 fully saturated rings. The van der Waals surface area contributed by atoms with Gasteiger partial charge in [0, 0.05) is 0 Å². The largest absolute Gasteiger partial charge is 0.390 e. The fourth-order valence-electron chi connectivity index (χ4n) is 1.92. The van der Waals surface area contributed by atoms with Crippen LogP contribution < -0.4 is 0 Å². The van der Waals surface area contributed by atoms with Gasteiger partial charge in [0.2, 0.25) is 0 Å². The second-order valence-corrected chi connectivity index (χ2v) is 5.15. The lowest BCUT2D eigenvalue weighted by Crippen LogP contribution is -2.34. The molecule has 0 amide bonds. The highest BCUT2D eigenvalue weighted by Gasteiger charge is 2.51. The third kappa shape index (κ3) is 2.70. The van der Waals surface area contributed by atoms with Crippen LogP contribution >= 0.6 is 0 Å². The van der Waals surface area contributed by atoms with E-state index in [0.29, 0.717) is 0 Å². The van der Waals surface area contributed by atoms with Gasteiger partial charge < -0.3 is 5.11 Å². The van der Waals surface area contributed by atoms with Crippen LogP contribution in [-0.4, -0.2) is 10.7 Å². The summed E-state index contributed by atoms with van der Waals surface area (Å²) < 4.78 is 0. The molecule has 0 heterocycles. The van der Waals surface area contributed by atoms with E-state index in [4.69, 9.17) is 0 Å². The lowest BCUT2D eigenvalue weighted by Gasteiger charge is -2.30. The molecular weight excluding hydrogens is 160 g/mol. The topological polar surface area (TPSA) is 20.2 Å². The normalized spacial score (nSPS) is 24.0. The summed E-state index contributed by atoms with van der Waals surface area (Å²) >= 11 is 0. The second-order valence-electron chi connectivity index (χ2n) is 5.15. The van der Waals surface area contributed by atoms with E-state index in [-0.39, 0.29) is 5.41 Å². The van der Waals surface area contributed by atoms with Gasteiger partial charge in [-0.2, -0.15) is 0 Å². The molecule has 1 aliphatic carbocycles. The number of unbranched alkanes of at least 4 members (excludes halogenated alkanes) is 3. The van der Waals surface area contributed by atoms with E-state index >= 15 is 0 Å². The molecule has 0 aliphatic heterocycles. The van der Waals surface area contributed by atoms with Crippen molar-refractivity contribution in [1.29, 1.82) is 0 Å². The Kier molecular flexibility index (Phi) is 3.39. The second kappa shape index (κ2) is 4.00. The van der Waals surface area contributed by atoms with Crippen molar-refractivity contribution in [2.45, 2.75) is 71.3 Å². The molecule has 0 bridgehead atoms. The zero-order valence-corrected chi connectivity index (χ0v) is 9.40. The van der Waals surface area contributed by atoms with Crippen molar-refractivity contribution < 1.29 is 5.11 Å². The summed E-state index contributed by atoms with van der Waals surface area (Å²) in [6.07, 6.45) is 8.48. The molecule has 1 unspecified atom stereocenters. The monoisotopic (exact) mass is 184 g/mol. The third-order valence-electron chi connectivity index (χ3n) is 3.82. The van der Waals surface area contributed by atoms with Gasteiger partial charge in [-0.15, -0.1) is 0 Å². The van der Waals surface area contributed by atoms with Crippen LogP contribution in [0.3, 0.4) is 0 Å². The first-order valence-corrected chi connectivity index (χ1v) is 5.74. The van der Waals surface area contributed by atoms with Crippen molar-refractivity contribution in [2.75, 3.05) is 0 Å². The molecule has 0 spiro atoms. The Labute approximate surface area is 82.5 Å². The Morgan fingerprint density at radius 1 is 1.23 bits per heavy atom. The first-order chi connectivity index (χ1) is 6.02. The van der Waals surface area contributed by atoms with Crippen LogP contribution in [0.2, 0.25) is 0 Å². The molecule has 13 heavy (non-hydrogen) atoms. The molecule has 1 N–H and O–H groups in total. The van der Waals surface area contributed by atoms with Gasteiger partial charge in [-0.25, -0.2) is 0 Å². The summed E-state index contributed by atoms with van der Waals surface area (Å²) in [5, 5.41) is 10.2. The Morgan fingerprint density at radius 3 is 2.31 bits per heavy atom. The predicted molar refractivity (Wildman–Crippen MR) is 56.7 cm³/mol. The van der Waals surface area contributed by atoms with Gasteiger partial charge in [0.15, 0.2) is 0 Å². The molecular formula is C12H24O. The molecule has 0 aromatic rings. The quantitative estimate of drug-likeness (QED) is 0.626. The van der Waals surface area contributed by atoms with Gasteiger partial charge in [0.05, 0.1) is 5.60 Å². The van der Waals surface area contributed by atoms with E-state index in [1.165, 1.54) is 38.5 Å². The van der Waals surface area contributed by atoms with E-state index in [9.17, 15) is 5.11 Å². The van der Waals surface area contributed by atoms with E-state index in [1.54, 1.807) is 0 Å². The summed E-state index contributed by atoms with van der Waals surface area (Å²) in [4.78, 5) is 0. The lowest BCUT2D eigenvalue weighted by atomic mass is 9.83. The van der Waals surface area contributed by atoms with Crippen molar-refractivity contribution >= 4 is 0 Å². The van der Waals surface area contributed by atoms with E-state index in [1.807, 2.05) is 6.92 Å². The standard InChI is InChI=1S/C12H24O/c1-4-5-6-7-8-12(3,13)11(2)9-10-11/h13H,4-10H2,1-3H3. The van der Waals surface area contributed by atoms with Crippen LogP contribution in [0.1, 0.15) is 65.7 Å². The Bertz CT molecular complexity index is 157. The lowest BCUT2D eigenvalue weighted by molar-refractivity contribution is -0.0173. The molecule has 1 atom stereocenters. The summed E-state index contributed by atoms with van der Waals surface area (Å²) in [5.41, 5.74) is -0.153. The van der Waals surface area contributed by atoms with Crippen molar-refractivity contribution in [2.24, 2.45) is 5.41 Å². The maximum Gasteiger partial charge on any atom is 0.0673 e. The minimum absolute atomic E-state index is 0.249. The van der Waals surface area contributed by atoms with Crippen molar-refractivity contribution in [3.8, 4) is 0 Å². The smallest absolute Gasteiger partial charge is 0.0673 e. The van der Waals surface area contributed by atoms with Gasteiger partial charge in [-0.05, 0) is 31.6 Å². The number of hydrogen-bond donors (Lipinski definition) is 1. The molecule has 1 rings (SSSR count). The molecule has 0 aromatic carbocycles. The van der Waals surface area contributed by atoms with Crippen molar-refractivity contribution in [3.05, 3.63) is 0 Å². The number of rotatable bonds is 6. The van der Waals surface area contributed by atoms with Crippen LogP contribution in [0.15, 0.2) is 0 Å². The maximum absolute atomic E-state index is 10.2. The highest BCUT2D eigenvalue weighted by atomic mass is 16.3. The highest BCUT2D eigenvalue weighted by Crippen LogP contribution is 2.55. The van der Waals surface area contributed by atoms with Gasteiger partial charge in [0.1, 0.15) is 0 Å². The van der Waals surface area contributed by atoms with Crippen LogP contribution in [0.4, 0.5) is 0 Å². The van der Waals surface area contributed by atoms with E-state index in [2.05, 4.69) is 13.8 Å². The summed E-state index contributed by atoms with van der Waals surface area (Å²) in [5.74, 6) is 0. The van der Waals surface area contributed by atoms with Crippen LogP contribution in [0.25, 0.3) is 0 Å². The summed E-state index contributed by atoms with van der Waals surface area (Å²) in [6, 6.07) is 0. The molecule has 78 valence electrons. The first-order valence-electron chi connectivity index (χ1n) is 5.74. The Morgan fingerprint density at radius 2 is 1.85 bits per heavy atom. The minimum Gasteiger partial charge on any atom is -0.390 e. The van der Waals surface area contributed by atoms with Gasteiger partial charge >= 0.3 is 0 Å². The molecule has 1 saturated carbocycles. The minimum atomic E-state index is -0.402. The van der Waals surface area contributed by atoms with Crippen molar-refractivity contribution in [1.82, 2.24) is 0 Å². The molecule has 1 aliphatic rings. The Balaban J connectivity index is 2.19. The van der Waals surface area contributed by atoms with E-state index in [0.717, 1.165) is 6.42 Å². The molecule has 0 radical (unpaired) electrons. The van der Waals surface area contributed by atoms with Gasteiger partial charge in [-0.1, -0.05) is 39.5 Å². The highest BCUT2D eigenvalue weighted by molar-refractivity contribution is 5.02. The first kappa shape index (κ1) is 11.0. The SMILES string of the molecule is CCCCCCC(C)(O)C1(C)CC1. The summed E-state index contributed by atoms with van der Waals surface area (Å²) in [7, 11) is 0. The third-order valence-corrected chi connectivity index (χ3v) is 3.82. The Hall–Kier alpha value is -0.0400. The average Bonchev–Trinajstić information content (AvgIpc) is 2.79.